The van der Waals surface area contributed by atoms with E-state index >= 15 is 0 Å². The predicted octanol–water partition coefficient (Wildman–Crippen LogP) is 2.79. The van der Waals surface area contributed by atoms with E-state index in [1.54, 1.807) is 12.1 Å². The van der Waals surface area contributed by atoms with Crippen LogP contribution in [0.5, 0.6) is 0 Å². The molecule has 2 aromatic heterocycles. The molecule has 0 saturated heterocycles. The van der Waals surface area contributed by atoms with E-state index in [-0.39, 0.29) is 5.95 Å². The van der Waals surface area contributed by atoms with Gasteiger partial charge in [-0.15, -0.1) is 0 Å². The fraction of sp³-hybridized carbons (Fsp3) is 0.231. The highest BCUT2D eigenvalue weighted by Crippen LogP contribution is 2.16. The van der Waals surface area contributed by atoms with E-state index in [0.29, 0.717) is 17.0 Å². The zero-order valence-electron chi connectivity index (χ0n) is 10.4. The molecule has 99 valence electrons. The van der Waals surface area contributed by atoms with Crippen molar-refractivity contribution in [3.63, 3.8) is 0 Å². The molecule has 2 aromatic rings. The molecule has 1 radical (unpaired) electrons. The number of pyridine rings is 1. The van der Waals surface area contributed by atoms with E-state index in [1.165, 1.54) is 12.4 Å². The SMILES string of the molecule is [CH2]c1cccc(-c2cnc(NCC(C)(F)F)nc2)n1. The minimum atomic E-state index is -2.80. The molecular weight excluding hydrogens is 250 g/mol. The van der Waals surface area contributed by atoms with Crippen LogP contribution >= 0.6 is 0 Å². The summed E-state index contributed by atoms with van der Waals surface area (Å²) in [5.41, 5.74) is 2.05. The Kier molecular flexibility index (Phi) is 3.69. The van der Waals surface area contributed by atoms with Gasteiger partial charge in [0.15, 0.2) is 0 Å². The smallest absolute Gasteiger partial charge is 0.262 e. The molecule has 0 aromatic carbocycles. The number of hydrogen-bond donors (Lipinski definition) is 1. The highest BCUT2D eigenvalue weighted by Gasteiger charge is 2.20. The molecule has 0 unspecified atom stereocenters. The Labute approximate surface area is 109 Å². The van der Waals surface area contributed by atoms with Crippen LogP contribution in [0, 0.1) is 6.92 Å². The molecule has 0 amide bonds. The standard InChI is InChI=1S/C13H13F2N4/c1-9-4-3-5-11(19-9)10-6-16-12(17-7-10)18-8-13(2,14)15/h3-7H,1,8H2,2H3,(H,16,17,18). The van der Waals surface area contributed by atoms with Crippen molar-refractivity contribution in [1.82, 2.24) is 15.0 Å². The molecule has 0 aliphatic heterocycles. The topological polar surface area (TPSA) is 50.7 Å². The van der Waals surface area contributed by atoms with Crippen molar-refractivity contribution in [1.29, 1.82) is 0 Å². The van der Waals surface area contributed by atoms with E-state index in [1.807, 2.05) is 6.07 Å². The highest BCUT2D eigenvalue weighted by molar-refractivity contribution is 5.57. The zero-order valence-corrected chi connectivity index (χ0v) is 10.4. The number of alkyl halides is 2. The normalized spacial score (nSPS) is 11.4. The van der Waals surface area contributed by atoms with Gasteiger partial charge in [-0.3, -0.25) is 4.98 Å². The summed E-state index contributed by atoms with van der Waals surface area (Å²) in [6.45, 7) is 4.06. The third-order valence-corrected chi connectivity index (χ3v) is 2.31. The molecule has 0 saturated carbocycles. The fourth-order valence-corrected chi connectivity index (χ4v) is 1.43. The van der Waals surface area contributed by atoms with Crippen molar-refractivity contribution in [2.45, 2.75) is 12.8 Å². The van der Waals surface area contributed by atoms with Gasteiger partial charge in [0, 0.05) is 30.6 Å². The summed E-state index contributed by atoms with van der Waals surface area (Å²) in [6, 6.07) is 5.42. The fourth-order valence-electron chi connectivity index (χ4n) is 1.43. The van der Waals surface area contributed by atoms with Crippen LogP contribution in [-0.4, -0.2) is 27.4 Å². The molecule has 0 spiro atoms. The Balaban J connectivity index is 2.10. The minimum Gasteiger partial charge on any atom is -0.348 e. The Morgan fingerprint density at radius 3 is 2.53 bits per heavy atom. The summed E-state index contributed by atoms with van der Waals surface area (Å²) in [5.74, 6) is -2.64. The first-order chi connectivity index (χ1) is 8.94. The van der Waals surface area contributed by atoms with Gasteiger partial charge in [0.2, 0.25) is 5.95 Å². The maximum absolute atomic E-state index is 12.7. The monoisotopic (exact) mass is 263 g/mol. The molecular formula is C13H13F2N4. The predicted molar refractivity (Wildman–Crippen MR) is 68.8 cm³/mol. The summed E-state index contributed by atoms with van der Waals surface area (Å²) in [4.78, 5) is 12.2. The third-order valence-electron chi connectivity index (χ3n) is 2.31. The van der Waals surface area contributed by atoms with Gasteiger partial charge in [-0.2, -0.15) is 0 Å². The van der Waals surface area contributed by atoms with Gasteiger partial charge < -0.3 is 5.32 Å². The molecule has 4 nitrogen and oxygen atoms in total. The lowest BCUT2D eigenvalue weighted by molar-refractivity contribution is 0.0366. The minimum absolute atomic E-state index is 0.163. The van der Waals surface area contributed by atoms with Gasteiger partial charge in [-0.1, -0.05) is 6.07 Å². The van der Waals surface area contributed by atoms with Crippen molar-refractivity contribution in [3.05, 3.63) is 43.2 Å². The average Bonchev–Trinajstić information content (AvgIpc) is 2.36. The van der Waals surface area contributed by atoms with E-state index in [0.717, 1.165) is 6.92 Å². The third kappa shape index (κ3) is 3.94. The van der Waals surface area contributed by atoms with E-state index < -0.39 is 12.5 Å². The van der Waals surface area contributed by atoms with Crippen molar-refractivity contribution in [2.75, 3.05) is 11.9 Å². The van der Waals surface area contributed by atoms with Crippen molar-refractivity contribution >= 4 is 5.95 Å². The van der Waals surface area contributed by atoms with Gasteiger partial charge in [0.1, 0.15) is 0 Å². The Hall–Kier alpha value is -2.11. The summed E-state index contributed by atoms with van der Waals surface area (Å²) < 4.78 is 25.3. The van der Waals surface area contributed by atoms with Gasteiger partial charge >= 0.3 is 0 Å². The van der Waals surface area contributed by atoms with Crippen molar-refractivity contribution in [3.8, 4) is 11.3 Å². The molecule has 2 heterocycles. The molecule has 0 atom stereocenters. The summed E-state index contributed by atoms with van der Waals surface area (Å²) in [7, 11) is 0. The van der Waals surface area contributed by atoms with Gasteiger partial charge in [-0.25, -0.2) is 18.7 Å². The van der Waals surface area contributed by atoms with Crippen LogP contribution in [0.15, 0.2) is 30.6 Å². The van der Waals surface area contributed by atoms with Crippen LogP contribution in [0.4, 0.5) is 14.7 Å². The van der Waals surface area contributed by atoms with Crippen LogP contribution < -0.4 is 5.32 Å². The summed E-state index contributed by atoms with van der Waals surface area (Å²) >= 11 is 0. The van der Waals surface area contributed by atoms with Crippen LogP contribution in [-0.2, 0) is 0 Å². The molecule has 2 rings (SSSR count). The number of halogens is 2. The van der Waals surface area contributed by atoms with E-state index in [2.05, 4.69) is 27.2 Å². The second-order valence-electron chi connectivity index (χ2n) is 4.23. The van der Waals surface area contributed by atoms with Gasteiger partial charge in [0.05, 0.1) is 12.2 Å². The first kappa shape index (κ1) is 13.3. The van der Waals surface area contributed by atoms with Crippen LogP contribution in [0.3, 0.4) is 0 Å². The van der Waals surface area contributed by atoms with Crippen molar-refractivity contribution < 1.29 is 8.78 Å². The maximum Gasteiger partial charge on any atom is 0.262 e. The number of rotatable bonds is 4. The number of aromatic nitrogens is 3. The highest BCUT2D eigenvalue weighted by atomic mass is 19.3. The van der Waals surface area contributed by atoms with E-state index in [4.69, 9.17) is 0 Å². The number of anilines is 1. The molecule has 0 fully saturated rings. The quantitative estimate of drug-likeness (QED) is 0.921. The van der Waals surface area contributed by atoms with Gasteiger partial charge in [0.25, 0.3) is 5.92 Å². The second kappa shape index (κ2) is 5.26. The number of hydrogen-bond acceptors (Lipinski definition) is 4. The van der Waals surface area contributed by atoms with Gasteiger partial charge in [-0.05, 0) is 19.1 Å². The van der Waals surface area contributed by atoms with Crippen LogP contribution in [0.1, 0.15) is 12.6 Å². The van der Waals surface area contributed by atoms with Crippen LogP contribution in [0.25, 0.3) is 11.3 Å². The van der Waals surface area contributed by atoms with Crippen molar-refractivity contribution in [2.24, 2.45) is 0 Å². The number of nitrogens with zero attached hydrogens (tertiary/aromatic N) is 3. The molecule has 19 heavy (non-hydrogen) atoms. The molecule has 1 N–H and O–H groups in total. The summed E-state index contributed by atoms with van der Waals surface area (Å²) in [5, 5.41) is 2.47. The Morgan fingerprint density at radius 2 is 1.95 bits per heavy atom. The zero-order chi connectivity index (χ0) is 13.9. The first-order valence-electron chi connectivity index (χ1n) is 5.67. The lowest BCUT2D eigenvalue weighted by atomic mass is 10.2. The Bertz CT molecular complexity index is 549. The maximum atomic E-state index is 12.7. The molecule has 0 aliphatic carbocycles. The first-order valence-corrected chi connectivity index (χ1v) is 5.67. The van der Waals surface area contributed by atoms with Crippen LogP contribution in [0.2, 0.25) is 0 Å². The number of nitrogens with one attached hydrogen (secondary N) is 1. The summed E-state index contributed by atoms with van der Waals surface area (Å²) in [6.07, 6.45) is 3.07. The molecule has 6 heteroatoms. The second-order valence-corrected chi connectivity index (χ2v) is 4.23. The average molecular weight is 263 g/mol. The molecule has 0 bridgehead atoms. The Morgan fingerprint density at radius 1 is 1.26 bits per heavy atom. The lowest BCUT2D eigenvalue weighted by Crippen LogP contribution is -2.23. The molecule has 0 aliphatic rings. The van der Waals surface area contributed by atoms with E-state index in [9.17, 15) is 8.78 Å². The largest absolute Gasteiger partial charge is 0.348 e. The lowest BCUT2D eigenvalue weighted by Gasteiger charge is -2.11.